The molecule has 0 saturated carbocycles. The predicted octanol–water partition coefficient (Wildman–Crippen LogP) is 10.7. The fourth-order valence-corrected chi connectivity index (χ4v) is 18.3. The topological polar surface area (TPSA) is 308 Å². The van der Waals surface area contributed by atoms with Crippen molar-refractivity contribution < 1.29 is 42.2 Å². The van der Waals surface area contributed by atoms with Gasteiger partial charge in [0, 0.05) is 192 Å². The molecule has 16 heterocycles. The molecule has 3 atom stereocenters. The molecular formula is C89H98N21O9S3+3. The van der Waals surface area contributed by atoms with Gasteiger partial charge < -0.3 is 72.8 Å². The van der Waals surface area contributed by atoms with Gasteiger partial charge in [-0.2, -0.15) is 30.2 Å². The monoisotopic (exact) mass is 1700 g/mol. The second kappa shape index (κ2) is 37.0. The van der Waals surface area contributed by atoms with Gasteiger partial charge in [-0.1, -0.05) is 50.2 Å². The van der Waals surface area contributed by atoms with Crippen molar-refractivity contribution in [2.45, 2.75) is 67.1 Å². The Balaban J connectivity index is 0.000000130. The summed E-state index contributed by atoms with van der Waals surface area (Å²) in [5.74, 6) is 6.16. The number of morpholine rings is 3. The number of aryl methyl sites for hydroxylation is 3. The zero-order valence-electron chi connectivity index (χ0n) is 69.4. The normalized spacial score (nSPS) is 15.9. The average molecular weight is 1700 g/mol. The van der Waals surface area contributed by atoms with E-state index in [1.165, 1.54) is 80.0 Å². The fourth-order valence-electron chi connectivity index (χ4n) is 15.6. The van der Waals surface area contributed by atoms with E-state index in [4.69, 9.17) is 47.6 Å². The first-order chi connectivity index (χ1) is 59.4. The lowest BCUT2D eigenvalue weighted by atomic mass is 10.1. The van der Waals surface area contributed by atoms with Gasteiger partial charge in [0.05, 0.1) is 97.5 Å². The van der Waals surface area contributed by atoms with Crippen LogP contribution in [0.3, 0.4) is 0 Å². The molecule has 4 aliphatic heterocycles. The summed E-state index contributed by atoms with van der Waals surface area (Å²) in [4.78, 5) is 76.4. The molecule has 3 unspecified atom stereocenters. The van der Waals surface area contributed by atoms with Crippen LogP contribution in [0.15, 0.2) is 190 Å². The standard InChI is InChI=1S/C31H33N7O3S.C30H33N7O3S.C28H29N7O3S/c1-20-8-10-36(16-20)17-23-18-38(35-21(23)2)27-7-9-32-31(34-27)33-24-5-3-22(4-6-24)25-19-42-30-26(39)15-28(41-29(25)30)37-11-13-40-14-12-37;1-4-11-35(3)17-22-18-37(34-20(22)2)26-9-10-31-30(33-26)32-23-7-5-21(6-8-23)24-19-41-29-25(38)16-27(40-28(24)29)36-12-14-39-15-13-36;1-18-20(15-33(2)3)16-35(32-18)24-8-9-29-28(31-24)30-21-6-4-19(5-7-21)22-17-39-27-23(36)14-25(38-26(22)27)34-10-12-37-13-11-34/h3-7,9,15,18-20H,8,10-14,16-17H2,1-2H3,(H,32,33,34);5-10,16,18-19H,4,11-15,17H2,1-3H3,(H,31,32,33);4-9,14,16-17H,10-13,15H2,1-3H3,(H,29,30,31)/p+3. The largest absolute Gasteiger partial charge is 0.439 e. The van der Waals surface area contributed by atoms with Gasteiger partial charge in [-0.15, -0.1) is 34.0 Å². The van der Waals surface area contributed by atoms with Crippen LogP contribution >= 0.6 is 34.0 Å². The molecule has 3 aromatic carbocycles. The molecule has 4 fully saturated rings. The molecule has 0 bridgehead atoms. The first kappa shape index (κ1) is 82.1. The number of aromatic nitrogens is 12. The molecule has 15 aromatic rings. The molecule has 33 heteroatoms. The molecule has 628 valence electrons. The summed E-state index contributed by atoms with van der Waals surface area (Å²) >= 11 is 4.23. The second-order valence-corrected chi connectivity index (χ2v) is 34.1. The van der Waals surface area contributed by atoms with Crippen molar-refractivity contribution in [3.8, 4) is 50.8 Å². The molecule has 19 rings (SSSR count). The Morgan fingerprint density at radius 3 is 1.15 bits per heavy atom. The maximum atomic E-state index is 12.8. The lowest BCUT2D eigenvalue weighted by Crippen LogP contribution is -3.08. The van der Waals surface area contributed by atoms with E-state index < -0.39 is 0 Å². The average Bonchev–Trinajstić information content (AvgIpc) is 1.61. The van der Waals surface area contributed by atoms with Crippen molar-refractivity contribution in [3.05, 3.63) is 227 Å². The van der Waals surface area contributed by atoms with Crippen LogP contribution in [0.1, 0.15) is 60.5 Å². The van der Waals surface area contributed by atoms with Gasteiger partial charge in [-0.05, 0) is 80.3 Å². The highest BCUT2D eigenvalue weighted by atomic mass is 32.1. The van der Waals surface area contributed by atoms with E-state index in [0.717, 1.165) is 112 Å². The molecule has 4 saturated heterocycles. The lowest BCUT2D eigenvalue weighted by molar-refractivity contribution is -0.902. The third-order valence-corrected chi connectivity index (χ3v) is 25.0. The summed E-state index contributed by atoms with van der Waals surface area (Å²) in [6, 6.07) is 34.2. The Hall–Kier alpha value is -12.2. The molecule has 0 spiro atoms. The molecular weight excluding hydrogens is 1600 g/mol. The predicted molar refractivity (Wildman–Crippen MR) is 478 cm³/mol. The SMILES string of the molecule is CCC[NH+](C)Cc1cn(-c2ccnc(Nc3ccc(-c4csc5c(=O)cc(N6CCOCC6)oc45)cc3)n2)nc1C.Cc1nn(-c2ccnc(Nc3ccc(-c4csc5c(=O)cc(N6CCOCC6)oc45)cc3)n2)cc1C[NH+](C)C.Cc1nn(-c2ccnc(Nc3ccc(-c4csc5c(=O)cc(N6CCOCC6)oc45)cc3)n2)cc1C[NH+]1CCC(C)C1. The number of fused-ring (bicyclic) bond motifs is 3. The van der Waals surface area contributed by atoms with Crippen molar-refractivity contribution in [2.75, 3.05) is 150 Å². The number of nitrogens with one attached hydrogen (secondary N) is 6. The van der Waals surface area contributed by atoms with Gasteiger partial charge >= 0.3 is 0 Å². The smallest absolute Gasteiger partial charge is 0.229 e. The number of anilines is 9. The quantitative estimate of drug-likeness (QED) is 0.0347. The first-order valence-electron chi connectivity index (χ1n) is 41.3. The second-order valence-electron chi connectivity index (χ2n) is 31.5. The zero-order chi connectivity index (χ0) is 83.9. The Kier molecular flexibility index (Phi) is 24.9. The first-order valence-corrected chi connectivity index (χ1v) is 43.9. The molecule has 6 N–H and O–H groups in total. The van der Waals surface area contributed by atoms with Gasteiger partial charge in [0.25, 0.3) is 0 Å². The highest BCUT2D eigenvalue weighted by Gasteiger charge is 2.27. The van der Waals surface area contributed by atoms with Crippen molar-refractivity contribution in [1.29, 1.82) is 0 Å². The lowest BCUT2D eigenvalue weighted by Gasteiger charge is -2.27. The van der Waals surface area contributed by atoms with Gasteiger partial charge in [0.15, 0.2) is 51.9 Å². The fraction of sp³-hybridized carbons (Fsp3) is 0.326. The highest BCUT2D eigenvalue weighted by molar-refractivity contribution is 7.18. The molecule has 0 aliphatic carbocycles. The molecule has 30 nitrogen and oxygen atoms in total. The highest BCUT2D eigenvalue weighted by Crippen LogP contribution is 2.39. The Labute approximate surface area is 715 Å². The number of hydrogen-bond donors (Lipinski definition) is 6. The third-order valence-electron chi connectivity index (χ3n) is 22.0. The maximum absolute atomic E-state index is 12.8. The number of likely N-dealkylation sites (tertiary alicyclic amines) is 1. The van der Waals surface area contributed by atoms with Gasteiger partial charge in [-0.25, -0.2) is 29.0 Å². The van der Waals surface area contributed by atoms with Gasteiger partial charge in [0.1, 0.15) is 33.7 Å². The number of rotatable bonds is 23. The number of nitrogens with zero attached hydrogens (tertiary/aromatic N) is 15. The Morgan fingerprint density at radius 1 is 0.467 bits per heavy atom. The Morgan fingerprint density at radius 2 is 0.811 bits per heavy atom. The summed E-state index contributed by atoms with van der Waals surface area (Å²) in [7, 11) is 6.44. The zero-order valence-corrected chi connectivity index (χ0v) is 71.9. The minimum Gasteiger partial charge on any atom is -0.439 e. The van der Waals surface area contributed by atoms with Crippen LogP contribution < -0.4 is 61.6 Å². The van der Waals surface area contributed by atoms with Crippen molar-refractivity contribution in [3.63, 3.8) is 0 Å². The minimum atomic E-state index is -0.0215. The Bertz CT molecular complexity index is 6350. The van der Waals surface area contributed by atoms with E-state index in [1.807, 2.05) is 137 Å². The third kappa shape index (κ3) is 18.9. The summed E-state index contributed by atoms with van der Waals surface area (Å²) in [5.41, 5.74) is 16.7. The molecule has 0 radical (unpaired) electrons. The molecule has 0 amide bonds. The number of quaternary nitrogens is 3. The van der Waals surface area contributed by atoms with Crippen LogP contribution in [0.5, 0.6) is 0 Å². The molecule has 4 aliphatic rings. The van der Waals surface area contributed by atoms with Crippen molar-refractivity contribution in [2.24, 2.45) is 5.92 Å². The molecule has 122 heavy (non-hydrogen) atoms. The van der Waals surface area contributed by atoms with Crippen LogP contribution in [-0.2, 0) is 33.8 Å². The minimum absolute atomic E-state index is 0.0179. The van der Waals surface area contributed by atoms with Crippen LogP contribution in [0.4, 0.5) is 52.6 Å². The molecule has 12 aromatic heterocycles. The number of benzene rings is 3. The van der Waals surface area contributed by atoms with Crippen molar-refractivity contribution in [1.82, 2.24) is 59.2 Å². The van der Waals surface area contributed by atoms with E-state index in [9.17, 15) is 14.4 Å². The van der Waals surface area contributed by atoms with Gasteiger partial charge in [-0.3, -0.25) is 14.4 Å². The summed E-state index contributed by atoms with van der Waals surface area (Å²) in [6.07, 6.45) is 13.8. The number of ether oxygens (including phenoxy) is 3. The van der Waals surface area contributed by atoms with Crippen molar-refractivity contribution >= 4 is 117 Å². The van der Waals surface area contributed by atoms with E-state index in [1.54, 1.807) is 46.4 Å². The maximum Gasteiger partial charge on any atom is 0.229 e. The summed E-state index contributed by atoms with van der Waals surface area (Å²) < 4.78 is 42.5. The summed E-state index contributed by atoms with van der Waals surface area (Å²) in [6.45, 7) is 25.0. The van der Waals surface area contributed by atoms with Gasteiger partial charge in [0.2, 0.25) is 34.1 Å². The van der Waals surface area contributed by atoms with Crippen LogP contribution in [0.2, 0.25) is 0 Å². The van der Waals surface area contributed by atoms with Crippen LogP contribution in [0, 0.1) is 26.7 Å². The van der Waals surface area contributed by atoms with E-state index >= 15 is 0 Å². The summed E-state index contributed by atoms with van der Waals surface area (Å²) in [5, 5.41) is 29.9. The van der Waals surface area contributed by atoms with E-state index in [-0.39, 0.29) is 16.3 Å². The number of hydrogen-bond acceptors (Lipinski definition) is 27. The number of thiophene rings is 3. The van der Waals surface area contributed by atoms with E-state index in [2.05, 4.69) is 110 Å². The van der Waals surface area contributed by atoms with Crippen LogP contribution in [0.25, 0.3) is 81.7 Å². The van der Waals surface area contributed by atoms with E-state index in [0.29, 0.717) is 157 Å². The van der Waals surface area contributed by atoms with Crippen LogP contribution in [-0.4, -0.2) is 179 Å².